The van der Waals surface area contributed by atoms with Crippen LogP contribution in [0.2, 0.25) is 5.28 Å². The third-order valence-electron chi connectivity index (χ3n) is 2.37. The zero-order valence-corrected chi connectivity index (χ0v) is 13.1. The lowest BCUT2D eigenvalue weighted by molar-refractivity contribution is -0.118. The fraction of sp³-hybridized carbons (Fsp3) is 0.417. The molecule has 0 fully saturated rings. The van der Waals surface area contributed by atoms with Gasteiger partial charge in [-0.1, -0.05) is 18.7 Å². The Bertz CT molecular complexity index is 600. The number of aromatic nitrogens is 2. The van der Waals surface area contributed by atoms with E-state index in [0.29, 0.717) is 12.3 Å². The molecule has 1 N–H and O–H groups in total. The van der Waals surface area contributed by atoms with Crippen LogP contribution >= 0.6 is 34.7 Å². The number of carbonyl (C=O) groups is 1. The highest BCUT2D eigenvalue weighted by molar-refractivity contribution is 8.00. The second-order valence-corrected chi connectivity index (χ2v) is 6.55. The summed E-state index contributed by atoms with van der Waals surface area (Å²) in [5.74, 6) is 0.360. The second-order valence-electron chi connectivity index (χ2n) is 4.01. The zero-order chi connectivity index (χ0) is 13.8. The van der Waals surface area contributed by atoms with Gasteiger partial charge in [0.25, 0.3) is 0 Å². The number of aryl methyl sites for hydroxylation is 1. The molecule has 102 valence electrons. The molecule has 1 amide bonds. The average Bonchev–Trinajstić information content (AvgIpc) is 2.73. The fourth-order valence-corrected chi connectivity index (χ4v) is 3.60. The van der Waals surface area contributed by atoms with Gasteiger partial charge in [0.2, 0.25) is 11.2 Å². The summed E-state index contributed by atoms with van der Waals surface area (Å²) in [4.78, 5) is 22.0. The largest absolute Gasteiger partial charge is 0.355 e. The van der Waals surface area contributed by atoms with E-state index in [9.17, 15) is 4.79 Å². The van der Waals surface area contributed by atoms with Gasteiger partial charge in [0.15, 0.2) is 0 Å². The normalized spacial score (nSPS) is 10.9. The fourth-order valence-electron chi connectivity index (χ4n) is 1.55. The average molecular weight is 316 g/mol. The molecule has 0 aliphatic heterocycles. The van der Waals surface area contributed by atoms with Crippen molar-refractivity contribution < 1.29 is 4.79 Å². The van der Waals surface area contributed by atoms with Crippen molar-refractivity contribution in [2.45, 2.75) is 25.3 Å². The van der Waals surface area contributed by atoms with Crippen LogP contribution in [0, 0.1) is 6.92 Å². The minimum absolute atomic E-state index is 0.0155. The van der Waals surface area contributed by atoms with Crippen molar-refractivity contribution in [2.75, 3.05) is 12.3 Å². The summed E-state index contributed by atoms with van der Waals surface area (Å²) in [6, 6.07) is 2.03. The van der Waals surface area contributed by atoms with E-state index < -0.39 is 0 Å². The van der Waals surface area contributed by atoms with Gasteiger partial charge < -0.3 is 5.32 Å². The molecule has 0 aromatic carbocycles. The SMILES string of the molecule is CCCNC(=O)CSc1nc(Cl)nc2sc(C)cc12. The molecule has 0 spiro atoms. The van der Waals surface area contributed by atoms with E-state index in [2.05, 4.69) is 15.3 Å². The van der Waals surface area contributed by atoms with Gasteiger partial charge >= 0.3 is 0 Å². The standard InChI is InChI=1S/C12H14ClN3OS2/c1-3-4-14-9(17)6-18-10-8-5-7(2)19-11(8)16-12(13)15-10/h5H,3-4,6H2,1-2H3,(H,14,17). The number of amides is 1. The topological polar surface area (TPSA) is 54.9 Å². The minimum atomic E-state index is 0.0155. The molecule has 19 heavy (non-hydrogen) atoms. The van der Waals surface area contributed by atoms with Crippen LogP contribution in [0.5, 0.6) is 0 Å². The van der Waals surface area contributed by atoms with Crippen LogP contribution in [-0.4, -0.2) is 28.2 Å². The Morgan fingerprint density at radius 1 is 1.53 bits per heavy atom. The first-order valence-corrected chi connectivity index (χ1v) is 8.11. The Morgan fingerprint density at radius 3 is 3.05 bits per heavy atom. The summed E-state index contributed by atoms with van der Waals surface area (Å²) in [5, 5.41) is 4.81. The molecule has 4 nitrogen and oxygen atoms in total. The number of halogens is 1. The third-order valence-corrected chi connectivity index (χ3v) is 4.47. The summed E-state index contributed by atoms with van der Waals surface area (Å²) in [6.07, 6.45) is 0.934. The molecule has 2 heterocycles. The van der Waals surface area contributed by atoms with Gasteiger partial charge in [-0.05, 0) is 31.0 Å². The van der Waals surface area contributed by atoms with Crippen molar-refractivity contribution in [1.82, 2.24) is 15.3 Å². The number of hydrogen-bond donors (Lipinski definition) is 1. The second kappa shape index (κ2) is 6.54. The van der Waals surface area contributed by atoms with Gasteiger partial charge in [-0.3, -0.25) is 4.79 Å². The predicted molar refractivity (Wildman–Crippen MR) is 81.2 cm³/mol. The van der Waals surface area contributed by atoms with E-state index in [-0.39, 0.29) is 11.2 Å². The number of thioether (sulfide) groups is 1. The van der Waals surface area contributed by atoms with Crippen molar-refractivity contribution in [1.29, 1.82) is 0 Å². The summed E-state index contributed by atoms with van der Waals surface area (Å²) >= 11 is 8.88. The molecular weight excluding hydrogens is 302 g/mol. The van der Waals surface area contributed by atoms with Crippen molar-refractivity contribution in [3.8, 4) is 0 Å². The Labute approximate surface area is 125 Å². The van der Waals surface area contributed by atoms with E-state index in [4.69, 9.17) is 11.6 Å². The predicted octanol–water partition coefficient (Wildman–Crippen LogP) is 3.27. The molecule has 0 saturated heterocycles. The maximum atomic E-state index is 11.6. The maximum Gasteiger partial charge on any atom is 0.230 e. The number of thiophene rings is 1. The van der Waals surface area contributed by atoms with Crippen LogP contribution in [-0.2, 0) is 4.79 Å². The molecule has 2 aromatic rings. The van der Waals surface area contributed by atoms with Crippen molar-refractivity contribution in [2.24, 2.45) is 0 Å². The van der Waals surface area contributed by atoms with E-state index in [1.807, 2.05) is 19.9 Å². The number of rotatable bonds is 5. The smallest absolute Gasteiger partial charge is 0.230 e. The molecular formula is C12H14ClN3OS2. The van der Waals surface area contributed by atoms with Crippen LogP contribution in [0.15, 0.2) is 11.1 Å². The zero-order valence-electron chi connectivity index (χ0n) is 10.7. The number of carbonyl (C=O) groups excluding carboxylic acids is 1. The van der Waals surface area contributed by atoms with Crippen molar-refractivity contribution in [3.63, 3.8) is 0 Å². The molecule has 0 aliphatic rings. The highest BCUT2D eigenvalue weighted by Gasteiger charge is 2.11. The van der Waals surface area contributed by atoms with Crippen LogP contribution < -0.4 is 5.32 Å². The Morgan fingerprint density at radius 2 is 2.32 bits per heavy atom. The number of fused-ring (bicyclic) bond motifs is 1. The molecule has 0 radical (unpaired) electrons. The Balaban J connectivity index is 2.13. The summed E-state index contributed by atoms with van der Waals surface area (Å²) in [7, 11) is 0. The van der Waals surface area contributed by atoms with Gasteiger partial charge in [0.05, 0.1) is 5.75 Å². The van der Waals surface area contributed by atoms with E-state index in [1.54, 1.807) is 11.3 Å². The van der Waals surface area contributed by atoms with Gasteiger partial charge in [-0.15, -0.1) is 11.3 Å². The third kappa shape index (κ3) is 3.81. The lowest BCUT2D eigenvalue weighted by Crippen LogP contribution is -2.25. The first-order chi connectivity index (χ1) is 9.10. The minimum Gasteiger partial charge on any atom is -0.355 e. The van der Waals surface area contributed by atoms with Gasteiger partial charge in [-0.25, -0.2) is 9.97 Å². The first-order valence-electron chi connectivity index (χ1n) is 5.93. The van der Waals surface area contributed by atoms with Crippen LogP contribution in [0.1, 0.15) is 18.2 Å². The van der Waals surface area contributed by atoms with Gasteiger partial charge in [0.1, 0.15) is 9.86 Å². The van der Waals surface area contributed by atoms with E-state index in [0.717, 1.165) is 26.5 Å². The monoisotopic (exact) mass is 315 g/mol. The summed E-state index contributed by atoms with van der Waals surface area (Å²) in [6.45, 7) is 4.74. The molecule has 7 heteroatoms. The highest BCUT2D eigenvalue weighted by Crippen LogP contribution is 2.31. The molecule has 0 atom stereocenters. The quantitative estimate of drug-likeness (QED) is 0.522. The van der Waals surface area contributed by atoms with Crippen molar-refractivity contribution >= 4 is 50.8 Å². The summed E-state index contributed by atoms with van der Waals surface area (Å²) < 4.78 is 0. The van der Waals surface area contributed by atoms with Gasteiger partial charge in [-0.2, -0.15) is 0 Å². The van der Waals surface area contributed by atoms with E-state index in [1.165, 1.54) is 11.8 Å². The van der Waals surface area contributed by atoms with Crippen molar-refractivity contribution in [3.05, 3.63) is 16.2 Å². The lowest BCUT2D eigenvalue weighted by Gasteiger charge is -2.04. The summed E-state index contributed by atoms with van der Waals surface area (Å²) in [5.41, 5.74) is 0. The molecule has 2 aromatic heterocycles. The highest BCUT2D eigenvalue weighted by atomic mass is 35.5. The Hall–Kier alpha value is -0.850. The number of nitrogens with zero attached hydrogens (tertiary/aromatic N) is 2. The van der Waals surface area contributed by atoms with Crippen LogP contribution in [0.4, 0.5) is 0 Å². The molecule has 0 saturated carbocycles. The maximum absolute atomic E-state index is 11.6. The Kier molecular flexibility index (Phi) is 5.01. The molecule has 0 aliphatic carbocycles. The van der Waals surface area contributed by atoms with Gasteiger partial charge in [0, 0.05) is 16.8 Å². The molecule has 0 bridgehead atoms. The number of hydrogen-bond acceptors (Lipinski definition) is 5. The molecule has 2 rings (SSSR count). The van der Waals surface area contributed by atoms with Crippen LogP contribution in [0.3, 0.4) is 0 Å². The van der Waals surface area contributed by atoms with E-state index >= 15 is 0 Å². The molecule has 0 unspecified atom stereocenters. The lowest BCUT2D eigenvalue weighted by atomic mass is 10.4. The van der Waals surface area contributed by atoms with Crippen LogP contribution in [0.25, 0.3) is 10.2 Å². The first kappa shape index (κ1) is 14.6. The number of nitrogens with one attached hydrogen (secondary N) is 1.